The first-order valence-electron chi connectivity index (χ1n) is 5.05. The summed E-state index contributed by atoms with van der Waals surface area (Å²) in [7, 11) is 0. The van der Waals surface area contributed by atoms with Gasteiger partial charge >= 0.3 is 0 Å². The molecule has 2 aliphatic carbocycles. The second-order valence-electron chi connectivity index (χ2n) is 4.00. The van der Waals surface area contributed by atoms with Crippen molar-refractivity contribution in [3.05, 3.63) is 12.2 Å². The fraction of sp³-hybridized carbons (Fsp3) is 0.727. The molecule has 3 atom stereocenters. The molecule has 0 aromatic heterocycles. The molecule has 0 aromatic carbocycles. The third kappa shape index (κ3) is 1.03. The van der Waals surface area contributed by atoms with E-state index in [-0.39, 0.29) is 0 Å². The standard InChI is InChI=1S/C11H16O/c1-2-3-5-9-8-6-4-7-10(8)11(9)12/h4,6,8-10H,2-3,5,7H2,1H3/t8-,9+,10-/m1/s1. The monoisotopic (exact) mass is 164 g/mol. The number of Topliss-reactive ketones (excluding diaryl/α,β-unsaturated/α-hetero) is 1. The molecule has 0 radical (unpaired) electrons. The SMILES string of the molecule is CCCC[C@@H]1C(=O)[C@@H]2CC=C[C@H]12. The van der Waals surface area contributed by atoms with Gasteiger partial charge < -0.3 is 0 Å². The van der Waals surface area contributed by atoms with E-state index in [0.29, 0.717) is 23.5 Å². The molecular weight excluding hydrogens is 148 g/mol. The zero-order valence-corrected chi connectivity index (χ0v) is 7.62. The lowest BCUT2D eigenvalue weighted by molar-refractivity contribution is -0.139. The summed E-state index contributed by atoms with van der Waals surface area (Å²) in [6.45, 7) is 2.19. The van der Waals surface area contributed by atoms with Crippen molar-refractivity contribution in [2.24, 2.45) is 17.8 Å². The van der Waals surface area contributed by atoms with Crippen molar-refractivity contribution >= 4 is 5.78 Å². The van der Waals surface area contributed by atoms with E-state index in [1.165, 1.54) is 12.8 Å². The highest BCUT2D eigenvalue weighted by Gasteiger charge is 2.48. The highest BCUT2D eigenvalue weighted by molar-refractivity contribution is 5.91. The molecule has 0 aromatic rings. The lowest BCUT2D eigenvalue weighted by Crippen LogP contribution is -2.44. The van der Waals surface area contributed by atoms with Gasteiger partial charge in [0.1, 0.15) is 5.78 Å². The van der Waals surface area contributed by atoms with Gasteiger partial charge in [0.2, 0.25) is 0 Å². The molecule has 2 rings (SSSR count). The molecule has 0 N–H and O–H groups in total. The molecule has 2 aliphatic rings. The Balaban J connectivity index is 1.91. The molecular formula is C11H16O. The molecule has 0 unspecified atom stereocenters. The third-order valence-electron chi connectivity index (χ3n) is 3.28. The normalized spacial score (nSPS) is 38.1. The smallest absolute Gasteiger partial charge is 0.140 e. The first kappa shape index (κ1) is 8.03. The molecule has 12 heavy (non-hydrogen) atoms. The van der Waals surface area contributed by atoms with E-state index < -0.39 is 0 Å². The van der Waals surface area contributed by atoms with E-state index >= 15 is 0 Å². The molecule has 1 nitrogen and oxygen atoms in total. The van der Waals surface area contributed by atoms with Crippen LogP contribution in [0.25, 0.3) is 0 Å². The first-order valence-corrected chi connectivity index (χ1v) is 5.05. The van der Waals surface area contributed by atoms with E-state index in [1.807, 2.05) is 0 Å². The Morgan fingerprint density at radius 3 is 3.17 bits per heavy atom. The molecule has 0 spiro atoms. The van der Waals surface area contributed by atoms with Crippen LogP contribution in [-0.2, 0) is 4.79 Å². The maximum absolute atomic E-state index is 11.5. The van der Waals surface area contributed by atoms with Gasteiger partial charge in [-0.15, -0.1) is 0 Å². The summed E-state index contributed by atoms with van der Waals surface area (Å²) in [5.41, 5.74) is 0. The van der Waals surface area contributed by atoms with Crippen LogP contribution in [0.2, 0.25) is 0 Å². The fourth-order valence-corrected chi connectivity index (χ4v) is 2.50. The van der Waals surface area contributed by atoms with Gasteiger partial charge in [0, 0.05) is 11.8 Å². The summed E-state index contributed by atoms with van der Waals surface area (Å²) in [5, 5.41) is 0. The van der Waals surface area contributed by atoms with Crippen LogP contribution >= 0.6 is 0 Å². The number of hydrogen-bond donors (Lipinski definition) is 0. The largest absolute Gasteiger partial charge is 0.299 e. The van der Waals surface area contributed by atoms with Gasteiger partial charge in [-0.1, -0.05) is 31.9 Å². The van der Waals surface area contributed by atoms with Gasteiger partial charge in [-0.05, 0) is 18.8 Å². The third-order valence-corrected chi connectivity index (χ3v) is 3.28. The number of unbranched alkanes of at least 4 members (excludes halogenated alkanes) is 1. The summed E-state index contributed by atoms with van der Waals surface area (Å²) in [6, 6.07) is 0. The summed E-state index contributed by atoms with van der Waals surface area (Å²) < 4.78 is 0. The minimum atomic E-state index is 0.395. The van der Waals surface area contributed by atoms with Crippen LogP contribution in [0, 0.1) is 17.8 Å². The van der Waals surface area contributed by atoms with Gasteiger partial charge in [-0.25, -0.2) is 0 Å². The summed E-state index contributed by atoms with van der Waals surface area (Å²) in [4.78, 5) is 11.5. The Hall–Kier alpha value is -0.590. The molecule has 0 saturated heterocycles. The summed E-state index contributed by atoms with van der Waals surface area (Å²) in [5.74, 6) is 1.96. The van der Waals surface area contributed by atoms with Crippen LogP contribution in [0.3, 0.4) is 0 Å². The zero-order chi connectivity index (χ0) is 8.55. The van der Waals surface area contributed by atoms with Crippen molar-refractivity contribution in [2.45, 2.75) is 32.6 Å². The lowest BCUT2D eigenvalue weighted by atomic mass is 9.63. The maximum atomic E-state index is 11.5. The average molecular weight is 164 g/mol. The second kappa shape index (κ2) is 3.04. The number of carbonyl (C=O) groups is 1. The molecule has 0 bridgehead atoms. The van der Waals surface area contributed by atoms with Gasteiger partial charge in [-0.3, -0.25) is 4.79 Å². The number of carbonyl (C=O) groups excluding carboxylic acids is 1. The Bertz CT molecular complexity index is 217. The highest BCUT2D eigenvalue weighted by atomic mass is 16.1. The van der Waals surface area contributed by atoms with Crippen LogP contribution in [0.5, 0.6) is 0 Å². The highest BCUT2D eigenvalue weighted by Crippen LogP contribution is 2.46. The van der Waals surface area contributed by atoms with E-state index in [9.17, 15) is 4.79 Å². The number of ketones is 1. The Labute approximate surface area is 73.8 Å². The minimum Gasteiger partial charge on any atom is -0.299 e. The average Bonchev–Trinajstić information content (AvgIpc) is 2.49. The van der Waals surface area contributed by atoms with Crippen molar-refractivity contribution in [1.29, 1.82) is 0 Å². The quantitative estimate of drug-likeness (QED) is 0.586. The predicted octanol–water partition coefficient (Wildman–Crippen LogP) is 2.57. The Morgan fingerprint density at radius 2 is 2.42 bits per heavy atom. The topological polar surface area (TPSA) is 17.1 Å². The van der Waals surface area contributed by atoms with Crippen LogP contribution in [0.1, 0.15) is 32.6 Å². The van der Waals surface area contributed by atoms with Gasteiger partial charge in [0.25, 0.3) is 0 Å². The lowest BCUT2D eigenvalue weighted by Gasteiger charge is -2.38. The number of fused-ring (bicyclic) bond motifs is 1. The van der Waals surface area contributed by atoms with E-state index in [0.717, 1.165) is 12.8 Å². The van der Waals surface area contributed by atoms with Gasteiger partial charge in [0.15, 0.2) is 0 Å². The van der Waals surface area contributed by atoms with E-state index in [2.05, 4.69) is 19.1 Å². The molecule has 0 aliphatic heterocycles. The molecule has 1 heteroatoms. The maximum Gasteiger partial charge on any atom is 0.140 e. The molecule has 1 saturated carbocycles. The van der Waals surface area contributed by atoms with Crippen LogP contribution < -0.4 is 0 Å². The number of allylic oxidation sites excluding steroid dienone is 2. The molecule has 66 valence electrons. The fourth-order valence-electron chi connectivity index (χ4n) is 2.50. The molecule has 0 amide bonds. The zero-order valence-electron chi connectivity index (χ0n) is 7.62. The molecule has 1 fully saturated rings. The van der Waals surface area contributed by atoms with Crippen molar-refractivity contribution in [1.82, 2.24) is 0 Å². The van der Waals surface area contributed by atoms with Gasteiger partial charge in [-0.2, -0.15) is 0 Å². The van der Waals surface area contributed by atoms with Crippen molar-refractivity contribution in [3.63, 3.8) is 0 Å². The van der Waals surface area contributed by atoms with Crippen LogP contribution in [0.4, 0.5) is 0 Å². The second-order valence-corrected chi connectivity index (χ2v) is 4.00. The number of hydrogen-bond acceptors (Lipinski definition) is 1. The van der Waals surface area contributed by atoms with Crippen molar-refractivity contribution in [3.8, 4) is 0 Å². The van der Waals surface area contributed by atoms with Crippen molar-refractivity contribution < 1.29 is 4.79 Å². The summed E-state index contributed by atoms with van der Waals surface area (Å²) in [6.07, 6.45) is 9.01. The van der Waals surface area contributed by atoms with Crippen LogP contribution in [0.15, 0.2) is 12.2 Å². The van der Waals surface area contributed by atoms with Crippen LogP contribution in [-0.4, -0.2) is 5.78 Å². The molecule has 0 heterocycles. The predicted molar refractivity (Wildman–Crippen MR) is 48.8 cm³/mol. The Kier molecular flexibility index (Phi) is 2.03. The first-order chi connectivity index (χ1) is 5.84. The van der Waals surface area contributed by atoms with E-state index in [4.69, 9.17) is 0 Å². The number of rotatable bonds is 3. The van der Waals surface area contributed by atoms with Gasteiger partial charge in [0.05, 0.1) is 0 Å². The Morgan fingerprint density at radius 1 is 1.58 bits per heavy atom. The van der Waals surface area contributed by atoms with E-state index in [1.54, 1.807) is 0 Å². The minimum absolute atomic E-state index is 0.395. The summed E-state index contributed by atoms with van der Waals surface area (Å²) >= 11 is 0. The van der Waals surface area contributed by atoms with Crippen molar-refractivity contribution in [2.75, 3.05) is 0 Å².